The molecule has 0 bridgehead atoms. The molecule has 0 aliphatic heterocycles. The Morgan fingerprint density at radius 3 is 2.64 bits per heavy atom. The van der Waals surface area contributed by atoms with E-state index in [2.05, 4.69) is 62.7 Å². The Bertz CT molecular complexity index is 828. The van der Waals surface area contributed by atoms with E-state index in [4.69, 9.17) is 0 Å². The number of nitrogens with one attached hydrogen (secondary N) is 4. The predicted octanol–water partition coefficient (Wildman–Crippen LogP) is 3.27. The van der Waals surface area contributed by atoms with Gasteiger partial charge < -0.3 is 20.7 Å². The van der Waals surface area contributed by atoms with E-state index < -0.39 is 0 Å². The van der Waals surface area contributed by atoms with E-state index in [9.17, 15) is 0 Å². The molecule has 2 aromatic heterocycles. The van der Waals surface area contributed by atoms with E-state index >= 15 is 0 Å². The van der Waals surface area contributed by atoms with Crippen LogP contribution in [-0.4, -0.2) is 22.7 Å². The number of nitrogens with zero attached hydrogens (tertiary/aromatic N) is 1. The normalized spacial score (nSPS) is 11.5. The topological polar surface area (TPSA) is 68.0 Å². The number of hydrazone groups is 1. The highest BCUT2D eigenvalue weighted by Crippen LogP contribution is 2.19. The summed E-state index contributed by atoms with van der Waals surface area (Å²) in [5.41, 5.74) is 8.99. The molecule has 5 heteroatoms. The summed E-state index contributed by atoms with van der Waals surface area (Å²) in [5.74, 6) is 0. The Labute approximate surface area is 147 Å². The lowest BCUT2D eigenvalue weighted by Gasteiger charge is -2.06. The fraction of sp³-hybridized carbons (Fsp3) is 0.150. The lowest BCUT2D eigenvalue weighted by Crippen LogP contribution is -2.12. The van der Waals surface area contributed by atoms with Gasteiger partial charge in [-0.25, -0.2) is 0 Å². The van der Waals surface area contributed by atoms with Crippen molar-refractivity contribution in [3.8, 4) is 0 Å². The maximum Gasteiger partial charge on any atom is 0.0989 e. The van der Waals surface area contributed by atoms with Gasteiger partial charge in [-0.3, -0.25) is 0 Å². The van der Waals surface area contributed by atoms with E-state index in [1.54, 1.807) is 7.05 Å². The predicted molar refractivity (Wildman–Crippen MR) is 103 cm³/mol. The van der Waals surface area contributed by atoms with Crippen molar-refractivity contribution < 1.29 is 0 Å². The van der Waals surface area contributed by atoms with Crippen LogP contribution in [0.25, 0.3) is 5.57 Å². The van der Waals surface area contributed by atoms with Crippen LogP contribution in [-0.2, 0) is 13.1 Å². The third-order valence-electron chi connectivity index (χ3n) is 3.96. The second kappa shape index (κ2) is 8.17. The number of aromatic nitrogens is 2. The molecule has 0 fully saturated rings. The van der Waals surface area contributed by atoms with Crippen LogP contribution in [0.3, 0.4) is 0 Å². The van der Waals surface area contributed by atoms with Crippen LogP contribution in [0.4, 0.5) is 0 Å². The molecule has 0 spiro atoms. The third-order valence-corrected chi connectivity index (χ3v) is 3.96. The molecule has 0 aliphatic rings. The van der Waals surface area contributed by atoms with E-state index in [0.717, 1.165) is 41.2 Å². The molecule has 0 saturated carbocycles. The largest absolute Gasteiger partial charge is 0.367 e. The smallest absolute Gasteiger partial charge is 0.0989 e. The van der Waals surface area contributed by atoms with Gasteiger partial charge in [-0.05, 0) is 17.7 Å². The number of benzene rings is 1. The highest BCUT2D eigenvalue weighted by Gasteiger charge is 2.13. The van der Waals surface area contributed by atoms with Crippen LogP contribution in [0.2, 0.25) is 0 Å². The highest BCUT2D eigenvalue weighted by molar-refractivity contribution is 6.31. The molecule has 25 heavy (non-hydrogen) atoms. The van der Waals surface area contributed by atoms with Gasteiger partial charge in [0, 0.05) is 61.1 Å². The van der Waals surface area contributed by atoms with Gasteiger partial charge >= 0.3 is 0 Å². The Kier molecular flexibility index (Phi) is 5.49. The maximum atomic E-state index is 4.40. The molecule has 1 aromatic carbocycles. The minimum atomic E-state index is 0.762. The van der Waals surface area contributed by atoms with Crippen molar-refractivity contribution >= 4 is 11.3 Å². The Hall–Kier alpha value is -3.05. The SMILES string of the molecule is C=C(/C(=N\NC)c1c[nH]c(CNCc2ccccc2)c1)c1cc[nH]c1. The highest BCUT2D eigenvalue weighted by atomic mass is 15.3. The summed E-state index contributed by atoms with van der Waals surface area (Å²) in [6.45, 7) is 5.78. The zero-order valence-corrected chi connectivity index (χ0v) is 14.3. The zero-order valence-electron chi connectivity index (χ0n) is 14.3. The van der Waals surface area contributed by atoms with E-state index in [0.29, 0.717) is 0 Å². The first-order chi connectivity index (χ1) is 12.3. The minimum absolute atomic E-state index is 0.762. The van der Waals surface area contributed by atoms with E-state index in [-0.39, 0.29) is 0 Å². The van der Waals surface area contributed by atoms with Crippen molar-refractivity contribution in [1.82, 2.24) is 20.7 Å². The third kappa shape index (κ3) is 4.28. The summed E-state index contributed by atoms with van der Waals surface area (Å²) in [7, 11) is 1.79. The fourth-order valence-corrected chi connectivity index (χ4v) is 2.68. The molecule has 4 N–H and O–H groups in total. The second-order valence-electron chi connectivity index (χ2n) is 5.76. The van der Waals surface area contributed by atoms with Gasteiger partial charge in [0.2, 0.25) is 0 Å². The molecule has 3 aromatic rings. The van der Waals surface area contributed by atoms with Crippen molar-refractivity contribution in [2.24, 2.45) is 5.10 Å². The summed E-state index contributed by atoms with van der Waals surface area (Å²) in [5, 5.41) is 7.85. The van der Waals surface area contributed by atoms with Crippen LogP contribution in [0, 0.1) is 0 Å². The number of allylic oxidation sites excluding steroid dienone is 1. The fourth-order valence-electron chi connectivity index (χ4n) is 2.68. The average molecular weight is 333 g/mol. The van der Waals surface area contributed by atoms with E-state index in [1.165, 1.54) is 5.56 Å². The van der Waals surface area contributed by atoms with Gasteiger partial charge in [0.05, 0.1) is 5.71 Å². The van der Waals surface area contributed by atoms with Crippen molar-refractivity contribution in [2.45, 2.75) is 13.1 Å². The van der Waals surface area contributed by atoms with E-state index in [1.807, 2.05) is 30.7 Å². The van der Waals surface area contributed by atoms with Crippen LogP contribution in [0.5, 0.6) is 0 Å². The van der Waals surface area contributed by atoms with Crippen LogP contribution < -0.4 is 10.7 Å². The van der Waals surface area contributed by atoms with Gasteiger partial charge in [-0.15, -0.1) is 0 Å². The molecule has 0 radical (unpaired) electrons. The van der Waals surface area contributed by atoms with Crippen LogP contribution in [0.15, 0.2) is 72.7 Å². The molecule has 0 atom stereocenters. The molecule has 5 nitrogen and oxygen atoms in total. The Balaban J connectivity index is 1.66. The molecular weight excluding hydrogens is 310 g/mol. The number of hydrogen-bond donors (Lipinski definition) is 4. The summed E-state index contributed by atoms with van der Waals surface area (Å²) in [6.07, 6.45) is 5.77. The van der Waals surface area contributed by atoms with Gasteiger partial charge in [-0.2, -0.15) is 5.10 Å². The van der Waals surface area contributed by atoms with Crippen LogP contribution in [0.1, 0.15) is 22.4 Å². The first kappa shape index (κ1) is 16.8. The summed E-state index contributed by atoms with van der Waals surface area (Å²) in [6, 6.07) is 14.5. The molecular formula is C20H23N5. The molecule has 3 rings (SSSR count). The first-order valence-corrected chi connectivity index (χ1v) is 8.27. The van der Waals surface area contributed by atoms with Crippen molar-refractivity contribution in [3.63, 3.8) is 0 Å². The summed E-state index contributed by atoms with van der Waals surface area (Å²) >= 11 is 0. The number of hydrogen-bond acceptors (Lipinski definition) is 3. The lowest BCUT2D eigenvalue weighted by molar-refractivity contribution is 0.682. The molecule has 0 amide bonds. The molecule has 2 heterocycles. The number of rotatable bonds is 8. The second-order valence-corrected chi connectivity index (χ2v) is 5.76. The molecule has 0 unspecified atom stereocenters. The molecule has 0 saturated heterocycles. The molecule has 128 valence electrons. The molecule has 0 aliphatic carbocycles. The first-order valence-electron chi connectivity index (χ1n) is 8.27. The number of H-pyrrole nitrogens is 2. The lowest BCUT2D eigenvalue weighted by atomic mass is 10.0. The summed E-state index contributed by atoms with van der Waals surface area (Å²) in [4.78, 5) is 6.36. The minimum Gasteiger partial charge on any atom is -0.367 e. The van der Waals surface area contributed by atoms with Gasteiger partial charge in [0.15, 0.2) is 0 Å². The zero-order chi connectivity index (χ0) is 17.5. The standard InChI is InChI=1S/C20H23N5/c1-15(17-8-9-22-12-17)20(25-21-2)18-10-19(24-13-18)14-23-11-16-6-4-3-5-7-16/h3-10,12-13,21-24H,1,11,14H2,2H3/b25-20+. The quantitative estimate of drug-likeness (QED) is 0.377. The summed E-state index contributed by atoms with van der Waals surface area (Å²) < 4.78 is 0. The Morgan fingerprint density at radius 2 is 1.92 bits per heavy atom. The monoisotopic (exact) mass is 333 g/mol. The number of aromatic amines is 2. The van der Waals surface area contributed by atoms with Gasteiger partial charge in [-0.1, -0.05) is 36.9 Å². The Morgan fingerprint density at radius 1 is 1.08 bits per heavy atom. The maximum absolute atomic E-state index is 4.40. The van der Waals surface area contributed by atoms with Crippen LogP contribution >= 0.6 is 0 Å². The van der Waals surface area contributed by atoms with Crippen molar-refractivity contribution in [2.75, 3.05) is 7.05 Å². The van der Waals surface area contributed by atoms with Gasteiger partial charge in [0.25, 0.3) is 0 Å². The average Bonchev–Trinajstić information content (AvgIpc) is 3.32. The van der Waals surface area contributed by atoms with Crippen molar-refractivity contribution in [3.05, 3.63) is 90.0 Å². The van der Waals surface area contributed by atoms with Gasteiger partial charge in [0.1, 0.15) is 0 Å². The van der Waals surface area contributed by atoms with Crippen molar-refractivity contribution in [1.29, 1.82) is 0 Å².